The van der Waals surface area contributed by atoms with Crippen LogP contribution in [0, 0.1) is 23.0 Å². The van der Waals surface area contributed by atoms with Gasteiger partial charge in [0.1, 0.15) is 22.2 Å². The molecular weight excluding hydrogens is 602 g/mol. The molecule has 45 heavy (non-hydrogen) atoms. The summed E-state index contributed by atoms with van der Waals surface area (Å²) in [5.41, 5.74) is 0.747. The summed E-state index contributed by atoms with van der Waals surface area (Å²) in [6.07, 6.45) is 1.85. The fraction of sp³-hybridized carbons (Fsp3) is 0.452. The Morgan fingerprint density at radius 2 is 1.87 bits per heavy atom. The van der Waals surface area contributed by atoms with Crippen LogP contribution in [0.4, 0.5) is 24.5 Å². The molecular formula is C31H32F2N8O3S. The lowest BCUT2D eigenvalue weighted by atomic mass is 9.94. The molecule has 0 atom stereocenters. The number of carbonyl (C=O) groups is 1. The molecule has 0 saturated carbocycles. The van der Waals surface area contributed by atoms with Crippen LogP contribution in [0.1, 0.15) is 37.5 Å². The van der Waals surface area contributed by atoms with Gasteiger partial charge in [-0.15, -0.1) is 11.3 Å². The second kappa shape index (κ2) is 11.1. The van der Waals surface area contributed by atoms with Crippen LogP contribution >= 0.6 is 11.3 Å². The third-order valence-electron chi connectivity index (χ3n) is 8.52. The number of nitrogens with one attached hydrogen (secondary N) is 1. The number of benzene rings is 1. The molecule has 0 spiro atoms. The fourth-order valence-corrected chi connectivity index (χ4v) is 7.23. The SMILES string of the molecule is CN1CCN(C2CN(c3ncc4c5c(c(-c6ncc(F)c7sc(NC(=O)OC(C)(C)C)c(C#N)c67)c(F)c4n3)COC5)C2)CC1. The average Bonchev–Trinajstić information content (AvgIpc) is 3.59. The van der Waals surface area contributed by atoms with Crippen LogP contribution in [-0.4, -0.2) is 88.8 Å². The van der Waals surface area contributed by atoms with E-state index in [0.717, 1.165) is 62.4 Å². The molecule has 3 aliphatic rings. The Bertz CT molecular complexity index is 1890. The molecule has 11 nitrogen and oxygen atoms in total. The number of halogens is 2. The van der Waals surface area contributed by atoms with Crippen LogP contribution < -0.4 is 10.2 Å². The van der Waals surface area contributed by atoms with Gasteiger partial charge in [-0.1, -0.05) is 0 Å². The lowest BCUT2D eigenvalue weighted by Crippen LogP contribution is -2.63. The highest BCUT2D eigenvalue weighted by molar-refractivity contribution is 7.23. The number of carbonyl (C=O) groups excluding carboxylic acids is 1. The zero-order valence-electron chi connectivity index (χ0n) is 25.4. The van der Waals surface area contributed by atoms with Crippen molar-refractivity contribution in [1.29, 1.82) is 5.26 Å². The molecule has 1 N–H and O–H groups in total. The number of amides is 1. The summed E-state index contributed by atoms with van der Waals surface area (Å²) >= 11 is 0.868. The summed E-state index contributed by atoms with van der Waals surface area (Å²) in [5.74, 6) is -0.907. The van der Waals surface area contributed by atoms with E-state index in [1.54, 1.807) is 27.0 Å². The van der Waals surface area contributed by atoms with E-state index < -0.39 is 23.3 Å². The van der Waals surface area contributed by atoms with Gasteiger partial charge in [0.05, 0.1) is 35.4 Å². The lowest BCUT2D eigenvalue weighted by molar-refractivity contribution is 0.0636. The van der Waals surface area contributed by atoms with Gasteiger partial charge in [-0.05, 0) is 38.9 Å². The Labute approximate surface area is 262 Å². The largest absolute Gasteiger partial charge is 0.444 e. The second-order valence-electron chi connectivity index (χ2n) is 12.7. The van der Waals surface area contributed by atoms with Crippen molar-refractivity contribution >= 4 is 49.4 Å². The minimum Gasteiger partial charge on any atom is -0.444 e. The van der Waals surface area contributed by atoms with E-state index in [-0.39, 0.29) is 50.6 Å². The molecule has 1 amide bonds. The Morgan fingerprint density at radius 3 is 2.58 bits per heavy atom. The first-order chi connectivity index (χ1) is 21.5. The first-order valence-corrected chi connectivity index (χ1v) is 15.6. The van der Waals surface area contributed by atoms with Gasteiger partial charge in [0, 0.05) is 67.8 Å². The molecule has 0 unspecified atom stereocenters. The van der Waals surface area contributed by atoms with Crippen LogP contribution in [0.5, 0.6) is 0 Å². The van der Waals surface area contributed by atoms with Crippen molar-refractivity contribution in [2.75, 3.05) is 56.5 Å². The third-order valence-corrected chi connectivity index (χ3v) is 9.63. The van der Waals surface area contributed by atoms with E-state index >= 15 is 8.78 Å². The maximum absolute atomic E-state index is 16.8. The Kier molecular flexibility index (Phi) is 7.31. The molecule has 14 heteroatoms. The number of hydrogen-bond acceptors (Lipinski definition) is 11. The van der Waals surface area contributed by atoms with E-state index in [9.17, 15) is 10.1 Å². The number of nitriles is 1. The molecule has 2 saturated heterocycles. The Hall–Kier alpha value is -4.03. The summed E-state index contributed by atoms with van der Waals surface area (Å²) in [6, 6.07) is 2.46. The van der Waals surface area contributed by atoms with Crippen LogP contribution in [-0.2, 0) is 22.7 Å². The number of anilines is 2. The number of nitrogens with zero attached hydrogens (tertiary/aromatic N) is 7. The fourth-order valence-electron chi connectivity index (χ4n) is 6.19. The molecule has 7 rings (SSSR count). The van der Waals surface area contributed by atoms with Gasteiger partial charge < -0.3 is 19.3 Å². The monoisotopic (exact) mass is 634 g/mol. The van der Waals surface area contributed by atoms with E-state index in [0.29, 0.717) is 22.9 Å². The van der Waals surface area contributed by atoms with E-state index in [1.165, 1.54) is 0 Å². The van der Waals surface area contributed by atoms with Gasteiger partial charge in [-0.25, -0.2) is 23.5 Å². The van der Waals surface area contributed by atoms with Gasteiger partial charge in [0.15, 0.2) is 11.6 Å². The highest BCUT2D eigenvalue weighted by Crippen LogP contribution is 2.46. The normalized spacial score (nSPS) is 17.8. The Morgan fingerprint density at radius 1 is 1.13 bits per heavy atom. The number of hydrogen-bond donors (Lipinski definition) is 1. The number of piperazine rings is 1. The second-order valence-corrected chi connectivity index (χ2v) is 13.7. The summed E-state index contributed by atoms with van der Waals surface area (Å²) in [6.45, 7) is 11.1. The van der Waals surface area contributed by atoms with Crippen LogP contribution in [0.3, 0.4) is 0 Å². The molecule has 3 aromatic heterocycles. The number of pyridine rings is 1. The first-order valence-electron chi connectivity index (χ1n) is 14.8. The maximum atomic E-state index is 16.8. The zero-order valence-corrected chi connectivity index (χ0v) is 26.2. The standard InChI is InChI=1S/C31H32F2N8O3S/c1-31(2,3)44-30(42)38-28-17(9-34)23-26(35-11-21(32)27(23)45-28)22-20-15-43-14-19(20)18-10-36-29(37-25(18)24(22)33)41-12-16(13-41)40-7-5-39(4)6-8-40/h10-11,16H,5-8,12-15H2,1-4H3,(H,38,42). The van der Waals surface area contributed by atoms with Gasteiger partial charge in [0.2, 0.25) is 5.95 Å². The Balaban J connectivity index is 1.30. The number of likely N-dealkylation sites (N-methyl/N-ethyl adjacent to an activating group) is 1. The van der Waals surface area contributed by atoms with Gasteiger partial charge >= 0.3 is 6.09 Å². The van der Waals surface area contributed by atoms with Crippen LogP contribution in [0.25, 0.3) is 32.2 Å². The van der Waals surface area contributed by atoms with Crippen LogP contribution in [0.15, 0.2) is 12.4 Å². The van der Waals surface area contributed by atoms with Crippen molar-refractivity contribution in [3.8, 4) is 17.3 Å². The highest BCUT2D eigenvalue weighted by Gasteiger charge is 2.36. The number of ether oxygens (including phenoxy) is 2. The summed E-state index contributed by atoms with van der Waals surface area (Å²) in [7, 11) is 2.13. The van der Waals surface area contributed by atoms with Crippen molar-refractivity contribution in [2.24, 2.45) is 0 Å². The van der Waals surface area contributed by atoms with E-state index in [4.69, 9.17) is 14.5 Å². The number of fused-ring (bicyclic) bond motifs is 4. The first kappa shape index (κ1) is 29.7. The zero-order chi connectivity index (χ0) is 31.6. The lowest BCUT2D eigenvalue weighted by Gasteiger charge is -2.47. The van der Waals surface area contributed by atoms with Gasteiger partial charge in [0.25, 0.3) is 0 Å². The molecule has 0 radical (unpaired) electrons. The molecule has 2 fully saturated rings. The summed E-state index contributed by atoms with van der Waals surface area (Å²) in [4.78, 5) is 33.0. The van der Waals surface area contributed by atoms with Gasteiger partial charge in [-0.2, -0.15) is 5.26 Å². The van der Waals surface area contributed by atoms with Crippen molar-refractivity contribution in [3.05, 3.63) is 40.7 Å². The topological polar surface area (TPSA) is 120 Å². The van der Waals surface area contributed by atoms with Crippen molar-refractivity contribution < 1.29 is 23.0 Å². The highest BCUT2D eigenvalue weighted by atomic mass is 32.1. The molecule has 3 aliphatic heterocycles. The number of thiophene rings is 1. The van der Waals surface area contributed by atoms with Crippen molar-refractivity contribution in [3.63, 3.8) is 0 Å². The number of aromatic nitrogens is 3. The summed E-state index contributed by atoms with van der Waals surface area (Å²) < 4.78 is 43.1. The molecule has 0 aliphatic carbocycles. The average molecular weight is 635 g/mol. The van der Waals surface area contributed by atoms with Crippen LogP contribution in [0.2, 0.25) is 0 Å². The maximum Gasteiger partial charge on any atom is 0.412 e. The summed E-state index contributed by atoms with van der Waals surface area (Å²) in [5, 5.41) is 13.5. The minimum atomic E-state index is -0.795. The predicted molar refractivity (Wildman–Crippen MR) is 166 cm³/mol. The molecule has 0 bridgehead atoms. The molecule has 1 aromatic carbocycles. The minimum absolute atomic E-state index is 0.0334. The smallest absolute Gasteiger partial charge is 0.412 e. The van der Waals surface area contributed by atoms with Crippen molar-refractivity contribution in [1.82, 2.24) is 24.8 Å². The number of rotatable bonds is 4. The van der Waals surface area contributed by atoms with E-state index in [1.807, 2.05) is 4.90 Å². The molecule has 234 valence electrons. The predicted octanol–water partition coefficient (Wildman–Crippen LogP) is 4.87. The molecule has 6 heterocycles. The van der Waals surface area contributed by atoms with E-state index in [2.05, 4.69) is 38.2 Å². The third kappa shape index (κ3) is 5.23. The molecule has 4 aromatic rings. The quantitative estimate of drug-likeness (QED) is 0.333. The van der Waals surface area contributed by atoms with Gasteiger partial charge in [-0.3, -0.25) is 15.2 Å². The van der Waals surface area contributed by atoms with Crippen molar-refractivity contribution in [2.45, 2.75) is 45.6 Å².